The van der Waals surface area contributed by atoms with Gasteiger partial charge < -0.3 is 4.42 Å². The molecular weight excluding hydrogens is 178 g/mol. The van der Waals surface area contributed by atoms with Crippen LogP contribution in [0.2, 0.25) is 0 Å². The van der Waals surface area contributed by atoms with Crippen LogP contribution in [0.4, 0.5) is 0 Å². The number of pyridine rings is 1. The second kappa shape index (κ2) is 3.46. The van der Waals surface area contributed by atoms with Crippen LogP contribution in [0.1, 0.15) is 21.5 Å². The van der Waals surface area contributed by atoms with Crippen LogP contribution in [0.25, 0.3) is 0 Å². The van der Waals surface area contributed by atoms with Crippen molar-refractivity contribution in [1.29, 1.82) is 0 Å². The number of hydrogen-bond donors (Lipinski definition) is 0. The molecule has 2 aromatic heterocycles. The summed E-state index contributed by atoms with van der Waals surface area (Å²) in [5.41, 5.74) is 2.10. The highest BCUT2D eigenvalue weighted by molar-refractivity contribution is 6.09. The molecule has 3 heteroatoms. The van der Waals surface area contributed by atoms with E-state index in [1.807, 2.05) is 13.0 Å². The molecule has 14 heavy (non-hydrogen) atoms. The van der Waals surface area contributed by atoms with Crippen LogP contribution in [0, 0.1) is 6.92 Å². The fourth-order valence-corrected chi connectivity index (χ4v) is 1.25. The van der Waals surface area contributed by atoms with Crippen LogP contribution < -0.4 is 0 Å². The van der Waals surface area contributed by atoms with Gasteiger partial charge in [-0.1, -0.05) is 0 Å². The standard InChI is InChI=1S/C11H9NO2/c1-8-2-4-12-6-10(8)11(13)9-3-5-14-7-9/h2-7H,1H3. The van der Waals surface area contributed by atoms with Crippen molar-refractivity contribution in [1.82, 2.24) is 4.98 Å². The Kier molecular flexibility index (Phi) is 2.14. The summed E-state index contributed by atoms with van der Waals surface area (Å²) in [5, 5.41) is 0. The van der Waals surface area contributed by atoms with E-state index in [4.69, 9.17) is 4.42 Å². The lowest BCUT2D eigenvalue weighted by atomic mass is 10.0. The Hall–Kier alpha value is -1.90. The number of aryl methyl sites for hydroxylation is 1. The zero-order valence-electron chi connectivity index (χ0n) is 7.73. The molecule has 0 radical (unpaired) electrons. The van der Waals surface area contributed by atoms with Crippen molar-refractivity contribution in [2.24, 2.45) is 0 Å². The molecule has 2 aromatic rings. The SMILES string of the molecule is Cc1ccncc1C(=O)c1ccoc1. The van der Waals surface area contributed by atoms with E-state index in [9.17, 15) is 4.79 Å². The van der Waals surface area contributed by atoms with Crippen LogP contribution in [-0.4, -0.2) is 10.8 Å². The smallest absolute Gasteiger partial charge is 0.198 e. The minimum Gasteiger partial charge on any atom is -0.472 e. The number of rotatable bonds is 2. The lowest BCUT2D eigenvalue weighted by molar-refractivity contribution is 0.103. The number of carbonyl (C=O) groups excluding carboxylic acids is 1. The minimum atomic E-state index is -0.0515. The van der Waals surface area contributed by atoms with E-state index in [0.717, 1.165) is 5.56 Å². The monoisotopic (exact) mass is 187 g/mol. The Morgan fingerprint density at radius 3 is 2.93 bits per heavy atom. The number of aromatic nitrogens is 1. The van der Waals surface area contributed by atoms with Crippen molar-refractivity contribution in [2.75, 3.05) is 0 Å². The van der Waals surface area contributed by atoms with E-state index in [1.165, 1.54) is 12.5 Å². The number of furan rings is 1. The first kappa shape index (κ1) is 8.69. The zero-order valence-corrected chi connectivity index (χ0v) is 7.73. The second-order valence-electron chi connectivity index (χ2n) is 3.03. The van der Waals surface area contributed by atoms with Crippen LogP contribution in [-0.2, 0) is 0 Å². The van der Waals surface area contributed by atoms with E-state index < -0.39 is 0 Å². The van der Waals surface area contributed by atoms with Crippen molar-refractivity contribution in [2.45, 2.75) is 6.92 Å². The fourth-order valence-electron chi connectivity index (χ4n) is 1.25. The van der Waals surface area contributed by atoms with Gasteiger partial charge in [-0.05, 0) is 24.6 Å². The summed E-state index contributed by atoms with van der Waals surface area (Å²) in [6.07, 6.45) is 6.17. The molecule has 0 saturated carbocycles. The van der Waals surface area contributed by atoms with Gasteiger partial charge in [-0.25, -0.2) is 0 Å². The maximum absolute atomic E-state index is 11.8. The fraction of sp³-hybridized carbons (Fsp3) is 0.0909. The van der Waals surface area contributed by atoms with Gasteiger partial charge in [0.1, 0.15) is 6.26 Å². The average Bonchev–Trinajstić information content (AvgIpc) is 2.70. The molecule has 3 nitrogen and oxygen atoms in total. The molecule has 0 saturated heterocycles. The number of nitrogens with zero attached hydrogens (tertiary/aromatic N) is 1. The first-order chi connectivity index (χ1) is 6.79. The Balaban J connectivity index is 2.42. The molecule has 0 spiro atoms. The molecule has 0 bridgehead atoms. The van der Waals surface area contributed by atoms with Crippen LogP contribution >= 0.6 is 0 Å². The van der Waals surface area contributed by atoms with Gasteiger partial charge in [-0.3, -0.25) is 9.78 Å². The number of hydrogen-bond acceptors (Lipinski definition) is 3. The molecule has 0 N–H and O–H groups in total. The summed E-state index contributed by atoms with van der Waals surface area (Å²) in [5.74, 6) is -0.0515. The molecule has 0 aliphatic rings. The van der Waals surface area contributed by atoms with Gasteiger partial charge in [0.15, 0.2) is 5.78 Å². The molecule has 0 fully saturated rings. The van der Waals surface area contributed by atoms with Crippen molar-refractivity contribution in [3.8, 4) is 0 Å². The van der Waals surface area contributed by atoms with E-state index in [2.05, 4.69) is 4.98 Å². The molecule has 0 aromatic carbocycles. The quantitative estimate of drug-likeness (QED) is 0.677. The minimum absolute atomic E-state index is 0.0515. The second-order valence-corrected chi connectivity index (χ2v) is 3.03. The molecule has 70 valence electrons. The third-order valence-electron chi connectivity index (χ3n) is 2.07. The van der Waals surface area contributed by atoms with Gasteiger partial charge >= 0.3 is 0 Å². The van der Waals surface area contributed by atoms with E-state index in [1.54, 1.807) is 18.5 Å². The molecule has 0 atom stereocenters. The molecule has 0 unspecified atom stereocenters. The molecule has 2 rings (SSSR count). The van der Waals surface area contributed by atoms with Crippen molar-refractivity contribution < 1.29 is 9.21 Å². The zero-order chi connectivity index (χ0) is 9.97. The van der Waals surface area contributed by atoms with Gasteiger partial charge in [0.25, 0.3) is 0 Å². The summed E-state index contributed by atoms with van der Waals surface area (Å²) in [6, 6.07) is 3.46. The van der Waals surface area contributed by atoms with Crippen molar-refractivity contribution >= 4 is 5.78 Å². The average molecular weight is 187 g/mol. The molecule has 2 heterocycles. The topological polar surface area (TPSA) is 43.1 Å². The Morgan fingerprint density at radius 2 is 2.29 bits per heavy atom. The Labute approximate surface area is 81.4 Å². The largest absolute Gasteiger partial charge is 0.472 e. The highest BCUT2D eigenvalue weighted by Gasteiger charge is 2.12. The predicted octanol–water partition coefficient (Wildman–Crippen LogP) is 2.21. The number of ketones is 1. The van der Waals surface area contributed by atoms with Gasteiger partial charge in [-0.2, -0.15) is 0 Å². The van der Waals surface area contributed by atoms with E-state index >= 15 is 0 Å². The van der Waals surface area contributed by atoms with Crippen LogP contribution in [0.15, 0.2) is 41.5 Å². The maximum Gasteiger partial charge on any atom is 0.198 e. The van der Waals surface area contributed by atoms with Crippen LogP contribution in [0.3, 0.4) is 0 Å². The Bertz CT molecular complexity index is 446. The first-order valence-corrected chi connectivity index (χ1v) is 4.26. The highest BCUT2D eigenvalue weighted by atomic mass is 16.3. The van der Waals surface area contributed by atoms with Crippen molar-refractivity contribution in [3.05, 3.63) is 53.7 Å². The summed E-state index contributed by atoms with van der Waals surface area (Å²) in [7, 11) is 0. The molecular formula is C11H9NO2. The third kappa shape index (κ3) is 1.44. The first-order valence-electron chi connectivity index (χ1n) is 4.26. The summed E-state index contributed by atoms with van der Waals surface area (Å²) >= 11 is 0. The lowest BCUT2D eigenvalue weighted by Crippen LogP contribution is -2.02. The summed E-state index contributed by atoms with van der Waals surface area (Å²) < 4.78 is 4.86. The molecule has 0 aliphatic carbocycles. The Morgan fingerprint density at radius 1 is 1.43 bits per heavy atom. The van der Waals surface area contributed by atoms with E-state index in [0.29, 0.717) is 11.1 Å². The predicted molar refractivity (Wildman–Crippen MR) is 51.1 cm³/mol. The van der Waals surface area contributed by atoms with Gasteiger partial charge in [-0.15, -0.1) is 0 Å². The van der Waals surface area contributed by atoms with E-state index in [-0.39, 0.29) is 5.78 Å². The number of carbonyl (C=O) groups is 1. The highest BCUT2D eigenvalue weighted by Crippen LogP contribution is 2.12. The normalized spacial score (nSPS) is 10.1. The maximum atomic E-state index is 11.8. The lowest BCUT2D eigenvalue weighted by Gasteiger charge is -2.00. The summed E-state index contributed by atoms with van der Waals surface area (Å²) in [4.78, 5) is 15.8. The van der Waals surface area contributed by atoms with Gasteiger partial charge in [0, 0.05) is 18.0 Å². The van der Waals surface area contributed by atoms with Gasteiger partial charge in [0.2, 0.25) is 0 Å². The van der Waals surface area contributed by atoms with Crippen LogP contribution in [0.5, 0.6) is 0 Å². The molecule has 0 amide bonds. The molecule has 0 aliphatic heterocycles. The third-order valence-corrected chi connectivity index (χ3v) is 2.07. The van der Waals surface area contributed by atoms with Gasteiger partial charge in [0.05, 0.1) is 11.8 Å². The summed E-state index contributed by atoms with van der Waals surface area (Å²) in [6.45, 7) is 1.88. The van der Waals surface area contributed by atoms with Crippen molar-refractivity contribution in [3.63, 3.8) is 0 Å².